The zero-order valence-electron chi connectivity index (χ0n) is 10.2. The maximum Gasteiger partial charge on any atom is 0.162 e. The Bertz CT molecular complexity index is 541. The summed E-state index contributed by atoms with van der Waals surface area (Å²) in [5, 5.41) is 0. The maximum absolute atomic E-state index is 5.72. The van der Waals surface area contributed by atoms with Crippen LogP contribution in [0.15, 0.2) is 48.8 Å². The SMILES string of the molecule is C#CC(OC(C#C)c1ccccn1)c1ccccn1. The minimum Gasteiger partial charge on any atom is -0.337 e. The van der Waals surface area contributed by atoms with E-state index in [4.69, 9.17) is 17.6 Å². The third-order valence-corrected chi connectivity index (χ3v) is 2.49. The number of hydrogen-bond donors (Lipinski definition) is 0. The summed E-state index contributed by atoms with van der Waals surface area (Å²) in [6.45, 7) is 0. The van der Waals surface area contributed by atoms with E-state index in [0.717, 1.165) is 0 Å². The predicted octanol–water partition coefficient (Wildman–Crippen LogP) is 2.54. The highest BCUT2D eigenvalue weighted by atomic mass is 16.5. The van der Waals surface area contributed by atoms with Gasteiger partial charge in [0.05, 0.1) is 11.4 Å². The highest BCUT2D eigenvalue weighted by molar-refractivity contribution is 5.20. The number of hydrogen-bond acceptors (Lipinski definition) is 3. The van der Waals surface area contributed by atoms with Crippen LogP contribution < -0.4 is 0 Å². The van der Waals surface area contributed by atoms with Crippen molar-refractivity contribution in [3.05, 3.63) is 60.2 Å². The van der Waals surface area contributed by atoms with Gasteiger partial charge in [0, 0.05) is 12.4 Å². The molecule has 3 nitrogen and oxygen atoms in total. The number of ether oxygens (including phenoxy) is 1. The molecule has 2 aromatic rings. The topological polar surface area (TPSA) is 35.0 Å². The van der Waals surface area contributed by atoms with Gasteiger partial charge in [-0.3, -0.25) is 9.97 Å². The summed E-state index contributed by atoms with van der Waals surface area (Å²) < 4.78 is 5.72. The van der Waals surface area contributed by atoms with Gasteiger partial charge >= 0.3 is 0 Å². The third kappa shape index (κ3) is 3.19. The molecule has 0 saturated carbocycles. The summed E-state index contributed by atoms with van der Waals surface area (Å²) in [5.41, 5.74) is 1.31. The van der Waals surface area contributed by atoms with Gasteiger partial charge in [0.25, 0.3) is 0 Å². The van der Waals surface area contributed by atoms with E-state index in [1.54, 1.807) is 24.5 Å². The highest BCUT2D eigenvalue weighted by Crippen LogP contribution is 2.23. The zero-order chi connectivity index (χ0) is 13.5. The van der Waals surface area contributed by atoms with Crippen LogP contribution in [0.1, 0.15) is 23.6 Å². The van der Waals surface area contributed by atoms with E-state index >= 15 is 0 Å². The molecule has 2 unspecified atom stereocenters. The molecule has 0 aliphatic rings. The first-order valence-corrected chi connectivity index (χ1v) is 5.74. The monoisotopic (exact) mass is 248 g/mol. The predicted molar refractivity (Wildman–Crippen MR) is 72.7 cm³/mol. The molecular weight excluding hydrogens is 236 g/mol. The molecule has 0 aliphatic carbocycles. The average Bonchev–Trinajstić information content (AvgIpc) is 2.50. The van der Waals surface area contributed by atoms with E-state index in [-0.39, 0.29) is 0 Å². The Morgan fingerprint density at radius 2 is 1.32 bits per heavy atom. The Morgan fingerprint density at radius 3 is 1.63 bits per heavy atom. The molecule has 0 N–H and O–H groups in total. The van der Waals surface area contributed by atoms with Crippen LogP contribution in [0.3, 0.4) is 0 Å². The van der Waals surface area contributed by atoms with Crippen LogP contribution in [0.5, 0.6) is 0 Å². The van der Waals surface area contributed by atoms with Gasteiger partial charge in [-0.05, 0) is 24.3 Å². The summed E-state index contributed by atoms with van der Waals surface area (Å²) >= 11 is 0. The van der Waals surface area contributed by atoms with E-state index in [2.05, 4.69) is 21.8 Å². The molecule has 0 bridgehead atoms. The van der Waals surface area contributed by atoms with E-state index in [0.29, 0.717) is 11.4 Å². The number of nitrogens with zero attached hydrogens (tertiary/aromatic N) is 2. The second-order valence-corrected chi connectivity index (χ2v) is 3.74. The second kappa shape index (κ2) is 6.35. The molecule has 0 fully saturated rings. The summed E-state index contributed by atoms with van der Waals surface area (Å²) in [7, 11) is 0. The first-order chi connectivity index (χ1) is 9.35. The van der Waals surface area contributed by atoms with Gasteiger partial charge in [0.15, 0.2) is 12.2 Å². The van der Waals surface area contributed by atoms with Gasteiger partial charge in [-0.25, -0.2) is 0 Å². The Balaban J connectivity index is 2.19. The fraction of sp³-hybridized carbons (Fsp3) is 0.125. The lowest BCUT2D eigenvalue weighted by molar-refractivity contribution is 0.0468. The van der Waals surface area contributed by atoms with E-state index < -0.39 is 12.2 Å². The summed E-state index contributed by atoms with van der Waals surface area (Å²) in [6, 6.07) is 10.9. The summed E-state index contributed by atoms with van der Waals surface area (Å²) in [4.78, 5) is 8.35. The Morgan fingerprint density at radius 1 is 0.842 bits per heavy atom. The fourth-order valence-electron chi connectivity index (χ4n) is 1.59. The third-order valence-electron chi connectivity index (χ3n) is 2.49. The fourth-order valence-corrected chi connectivity index (χ4v) is 1.59. The molecule has 2 aromatic heterocycles. The van der Waals surface area contributed by atoms with E-state index in [1.165, 1.54) is 0 Å². The lowest BCUT2D eigenvalue weighted by atomic mass is 10.2. The Labute approximate surface area is 112 Å². The lowest BCUT2D eigenvalue weighted by Gasteiger charge is -2.16. The van der Waals surface area contributed by atoms with Crippen molar-refractivity contribution in [1.29, 1.82) is 0 Å². The molecule has 2 rings (SSSR count). The van der Waals surface area contributed by atoms with E-state index in [1.807, 2.05) is 24.3 Å². The molecule has 0 amide bonds. The van der Waals surface area contributed by atoms with Crippen molar-refractivity contribution in [2.45, 2.75) is 12.2 Å². The lowest BCUT2D eigenvalue weighted by Crippen LogP contribution is -2.10. The van der Waals surface area contributed by atoms with Crippen LogP contribution in [0.4, 0.5) is 0 Å². The molecular formula is C16H12N2O. The van der Waals surface area contributed by atoms with Crippen molar-refractivity contribution in [2.24, 2.45) is 0 Å². The molecule has 2 atom stereocenters. The van der Waals surface area contributed by atoms with Crippen LogP contribution in [0.2, 0.25) is 0 Å². The minimum absolute atomic E-state index is 0.593. The van der Waals surface area contributed by atoms with Gasteiger partial charge < -0.3 is 4.74 Å². The first-order valence-electron chi connectivity index (χ1n) is 5.74. The van der Waals surface area contributed by atoms with Crippen molar-refractivity contribution in [3.8, 4) is 24.7 Å². The normalized spacial score (nSPS) is 12.9. The molecule has 0 spiro atoms. The van der Waals surface area contributed by atoms with E-state index in [9.17, 15) is 0 Å². The van der Waals surface area contributed by atoms with Gasteiger partial charge in [-0.2, -0.15) is 0 Å². The van der Waals surface area contributed by atoms with Crippen LogP contribution in [0, 0.1) is 24.7 Å². The Kier molecular flexibility index (Phi) is 4.29. The van der Waals surface area contributed by atoms with Crippen LogP contribution in [-0.4, -0.2) is 9.97 Å². The maximum atomic E-state index is 5.72. The van der Waals surface area contributed by atoms with Gasteiger partial charge in [0.1, 0.15) is 0 Å². The summed E-state index contributed by atoms with van der Waals surface area (Å²) in [5.74, 6) is 5.09. The smallest absolute Gasteiger partial charge is 0.162 e. The number of pyridine rings is 2. The first kappa shape index (κ1) is 12.8. The van der Waals surface area contributed by atoms with Crippen LogP contribution in [-0.2, 0) is 4.74 Å². The molecule has 0 aliphatic heterocycles. The molecule has 0 aromatic carbocycles. The summed E-state index contributed by atoms with van der Waals surface area (Å²) in [6.07, 6.45) is 13.1. The van der Waals surface area contributed by atoms with Crippen molar-refractivity contribution in [1.82, 2.24) is 9.97 Å². The second-order valence-electron chi connectivity index (χ2n) is 3.74. The van der Waals surface area contributed by atoms with Crippen LogP contribution in [0.25, 0.3) is 0 Å². The highest BCUT2D eigenvalue weighted by Gasteiger charge is 2.17. The van der Waals surface area contributed by atoms with Gasteiger partial charge in [-0.1, -0.05) is 24.0 Å². The number of aromatic nitrogens is 2. The molecule has 2 heterocycles. The van der Waals surface area contributed by atoms with Gasteiger partial charge in [-0.15, -0.1) is 12.8 Å². The molecule has 0 radical (unpaired) electrons. The minimum atomic E-state index is -0.593. The van der Waals surface area contributed by atoms with Crippen molar-refractivity contribution in [2.75, 3.05) is 0 Å². The average molecular weight is 248 g/mol. The molecule has 19 heavy (non-hydrogen) atoms. The van der Waals surface area contributed by atoms with Crippen LogP contribution >= 0.6 is 0 Å². The molecule has 3 heteroatoms. The zero-order valence-corrected chi connectivity index (χ0v) is 10.2. The number of rotatable bonds is 4. The van der Waals surface area contributed by atoms with Crippen molar-refractivity contribution < 1.29 is 4.74 Å². The van der Waals surface area contributed by atoms with Crippen molar-refractivity contribution >= 4 is 0 Å². The molecule has 0 saturated heterocycles. The Hall–Kier alpha value is -2.62. The van der Waals surface area contributed by atoms with Gasteiger partial charge in [0.2, 0.25) is 0 Å². The standard InChI is InChI=1S/C16H12N2O/c1-3-15(13-9-5-7-11-17-13)19-16(4-2)14-10-6-8-12-18-14/h1-2,5-12,15-16H. The molecule has 92 valence electrons. The quantitative estimate of drug-likeness (QED) is 0.780. The largest absolute Gasteiger partial charge is 0.337 e. The van der Waals surface area contributed by atoms with Crippen molar-refractivity contribution in [3.63, 3.8) is 0 Å². The number of terminal acetylenes is 2.